The van der Waals surface area contributed by atoms with Crippen LogP contribution in [-0.2, 0) is 17.5 Å². The number of amides is 1. The van der Waals surface area contributed by atoms with Crippen LogP contribution in [0.3, 0.4) is 0 Å². The number of aryl methyl sites for hydroxylation is 1. The molecule has 1 heterocycles. The lowest BCUT2D eigenvalue weighted by atomic mass is 10.2. The summed E-state index contributed by atoms with van der Waals surface area (Å²) in [4.78, 5) is 11.5. The molecule has 1 N–H and O–H groups in total. The quantitative estimate of drug-likeness (QED) is 0.739. The topological polar surface area (TPSA) is 46.9 Å². The molecule has 0 bridgehead atoms. The number of rotatable bonds is 6. The number of hydrogen-bond acceptors (Lipinski definition) is 3. The second kappa shape index (κ2) is 6.60. The SMILES string of the molecule is O=C(CCn1nc(C(F)(F)F)c(Br)c1C1CC1)NCCS. The van der Waals surface area contributed by atoms with Crippen molar-refractivity contribution in [2.75, 3.05) is 12.3 Å². The monoisotopic (exact) mass is 385 g/mol. The lowest BCUT2D eigenvalue weighted by molar-refractivity contribution is -0.142. The number of thiol groups is 1. The Hall–Kier alpha value is -0.700. The summed E-state index contributed by atoms with van der Waals surface area (Å²) in [6, 6.07) is 0. The van der Waals surface area contributed by atoms with Crippen molar-refractivity contribution < 1.29 is 18.0 Å². The molecule has 0 aliphatic heterocycles. The second-order valence-corrected chi connectivity index (χ2v) is 6.11. The van der Waals surface area contributed by atoms with Crippen molar-refractivity contribution in [2.45, 2.75) is 37.9 Å². The van der Waals surface area contributed by atoms with Crippen LogP contribution >= 0.6 is 28.6 Å². The van der Waals surface area contributed by atoms with Crippen LogP contribution in [0.2, 0.25) is 0 Å². The fourth-order valence-electron chi connectivity index (χ4n) is 2.04. The first-order valence-electron chi connectivity index (χ1n) is 6.55. The van der Waals surface area contributed by atoms with Crippen LogP contribution < -0.4 is 5.32 Å². The molecule has 0 unspecified atom stereocenters. The van der Waals surface area contributed by atoms with E-state index in [1.54, 1.807) is 0 Å². The number of nitrogens with one attached hydrogen (secondary N) is 1. The molecular weight excluding hydrogens is 371 g/mol. The van der Waals surface area contributed by atoms with Gasteiger partial charge in [0, 0.05) is 24.6 Å². The van der Waals surface area contributed by atoms with Gasteiger partial charge in [-0.2, -0.15) is 30.9 Å². The molecule has 1 saturated carbocycles. The lowest BCUT2D eigenvalue weighted by Crippen LogP contribution is -2.26. The molecule has 0 atom stereocenters. The van der Waals surface area contributed by atoms with Gasteiger partial charge in [-0.25, -0.2) is 0 Å². The van der Waals surface area contributed by atoms with Gasteiger partial charge in [0.2, 0.25) is 5.91 Å². The van der Waals surface area contributed by atoms with E-state index >= 15 is 0 Å². The summed E-state index contributed by atoms with van der Waals surface area (Å²) in [6.07, 6.45) is -2.69. The minimum Gasteiger partial charge on any atom is -0.355 e. The van der Waals surface area contributed by atoms with Crippen LogP contribution in [0, 0.1) is 0 Å². The summed E-state index contributed by atoms with van der Waals surface area (Å²) in [6.45, 7) is 0.576. The molecule has 1 aliphatic carbocycles. The smallest absolute Gasteiger partial charge is 0.355 e. The van der Waals surface area contributed by atoms with Gasteiger partial charge in [0.25, 0.3) is 0 Å². The Morgan fingerprint density at radius 3 is 2.67 bits per heavy atom. The van der Waals surface area contributed by atoms with Crippen LogP contribution in [0.5, 0.6) is 0 Å². The highest BCUT2D eigenvalue weighted by Crippen LogP contribution is 2.46. The fraction of sp³-hybridized carbons (Fsp3) is 0.667. The number of nitrogens with zero attached hydrogens (tertiary/aromatic N) is 2. The van der Waals surface area contributed by atoms with Crippen molar-refractivity contribution in [3.63, 3.8) is 0 Å². The summed E-state index contributed by atoms with van der Waals surface area (Å²) in [7, 11) is 0. The third-order valence-electron chi connectivity index (χ3n) is 3.15. The van der Waals surface area contributed by atoms with Gasteiger partial charge in [0.1, 0.15) is 0 Å². The van der Waals surface area contributed by atoms with E-state index in [9.17, 15) is 18.0 Å². The van der Waals surface area contributed by atoms with Crippen molar-refractivity contribution in [2.24, 2.45) is 0 Å². The molecule has 0 radical (unpaired) electrons. The zero-order chi connectivity index (χ0) is 15.6. The van der Waals surface area contributed by atoms with E-state index in [4.69, 9.17) is 0 Å². The number of carbonyl (C=O) groups excluding carboxylic acids is 1. The molecule has 118 valence electrons. The average Bonchev–Trinajstić information content (AvgIpc) is 3.17. The zero-order valence-corrected chi connectivity index (χ0v) is 13.6. The largest absolute Gasteiger partial charge is 0.436 e. The van der Waals surface area contributed by atoms with Crippen molar-refractivity contribution in [3.05, 3.63) is 15.9 Å². The number of halogens is 4. The molecule has 2 rings (SSSR count). The Morgan fingerprint density at radius 2 is 2.14 bits per heavy atom. The minimum atomic E-state index is -4.50. The molecule has 1 aromatic rings. The second-order valence-electron chi connectivity index (χ2n) is 4.87. The summed E-state index contributed by atoms with van der Waals surface area (Å²) in [5.41, 5.74) is -0.371. The van der Waals surface area contributed by atoms with Crippen LogP contribution in [0.4, 0.5) is 13.2 Å². The number of carbonyl (C=O) groups is 1. The fourth-order valence-corrected chi connectivity index (χ4v) is 2.99. The Morgan fingerprint density at radius 1 is 1.48 bits per heavy atom. The van der Waals surface area contributed by atoms with Gasteiger partial charge in [0.05, 0.1) is 16.7 Å². The molecule has 1 aliphatic rings. The van der Waals surface area contributed by atoms with E-state index < -0.39 is 11.9 Å². The van der Waals surface area contributed by atoms with Gasteiger partial charge in [-0.05, 0) is 28.8 Å². The maximum atomic E-state index is 12.9. The Bertz CT molecular complexity index is 529. The Balaban J connectivity index is 2.13. The van der Waals surface area contributed by atoms with Crippen molar-refractivity contribution in [3.8, 4) is 0 Å². The third-order valence-corrected chi connectivity index (χ3v) is 4.15. The molecular formula is C12H15BrF3N3OS. The highest BCUT2D eigenvalue weighted by molar-refractivity contribution is 9.10. The van der Waals surface area contributed by atoms with Crippen LogP contribution in [0.25, 0.3) is 0 Å². The zero-order valence-electron chi connectivity index (χ0n) is 11.1. The molecule has 21 heavy (non-hydrogen) atoms. The molecule has 9 heteroatoms. The van der Waals surface area contributed by atoms with Gasteiger partial charge in [-0.1, -0.05) is 0 Å². The molecule has 0 spiro atoms. The van der Waals surface area contributed by atoms with E-state index in [0.717, 1.165) is 12.8 Å². The standard InChI is InChI=1S/C12H15BrF3N3OS/c13-9-10(7-1-2-7)19(18-11(9)12(14,15)16)5-3-8(20)17-4-6-21/h7,21H,1-6H2,(H,17,20). The van der Waals surface area contributed by atoms with E-state index in [1.807, 2.05) is 0 Å². The number of hydrogen-bond donors (Lipinski definition) is 2. The van der Waals surface area contributed by atoms with E-state index in [1.165, 1.54) is 4.68 Å². The van der Waals surface area contributed by atoms with E-state index in [0.29, 0.717) is 18.0 Å². The summed E-state index contributed by atoms with van der Waals surface area (Å²) >= 11 is 6.98. The first kappa shape index (κ1) is 16.7. The highest BCUT2D eigenvalue weighted by Gasteiger charge is 2.41. The molecule has 1 aromatic heterocycles. The summed E-state index contributed by atoms with van der Waals surface area (Å²) in [5, 5.41) is 6.27. The maximum absolute atomic E-state index is 12.9. The predicted molar refractivity (Wildman–Crippen MR) is 78.4 cm³/mol. The van der Waals surface area contributed by atoms with Crippen LogP contribution in [0.1, 0.15) is 36.6 Å². The first-order chi connectivity index (χ1) is 9.84. The molecule has 1 amide bonds. The summed E-state index contributed by atoms with van der Waals surface area (Å²) < 4.78 is 40.0. The molecule has 4 nitrogen and oxygen atoms in total. The molecule has 1 fully saturated rings. The average molecular weight is 386 g/mol. The molecule has 0 saturated heterocycles. The summed E-state index contributed by atoms with van der Waals surface area (Å²) in [5.74, 6) is 0.402. The van der Waals surface area contributed by atoms with Gasteiger partial charge >= 0.3 is 6.18 Å². The maximum Gasteiger partial charge on any atom is 0.436 e. The number of aromatic nitrogens is 2. The normalized spacial score (nSPS) is 15.3. The van der Waals surface area contributed by atoms with E-state index in [-0.39, 0.29) is 29.3 Å². The van der Waals surface area contributed by atoms with Gasteiger partial charge in [0.15, 0.2) is 5.69 Å². The highest BCUT2D eigenvalue weighted by atomic mass is 79.9. The van der Waals surface area contributed by atoms with Crippen molar-refractivity contribution in [1.29, 1.82) is 0 Å². The first-order valence-corrected chi connectivity index (χ1v) is 7.98. The predicted octanol–water partition coefficient (Wildman–Crippen LogP) is 2.98. The molecule has 0 aromatic carbocycles. The number of alkyl halides is 3. The van der Waals surface area contributed by atoms with Crippen molar-refractivity contribution in [1.82, 2.24) is 15.1 Å². The van der Waals surface area contributed by atoms with Gasteiger partial charge in [-0.3, -0.25) is 9.48 Å². The van der Waals surface area contributed by atoms with Crippen LogP contribution in [0.15, 0.2) is 4.47 Å². The van der Waals surface area contributed by atoms with Gasteiger partial charge in [-0.15, -0.1) is 0 Å². The van der Waals surface area contributed by atoms with Crippen molar-refractivity contribution >= 4 is 34.5 Å². The lowest BCUT2D eigenvalue weighted by Gasteiger charge is -2.07. The van der Waals surface area contributed by atoms with Gasteiger partial charge < -0.3 is 5.32 Å². The Kier molecular flexibility index (Phi) is 5.24. The Labute approximate surface area is 134 Å². The third kappa shape index (κ3) is 4.15. The minimum absolute atomic E-state index is 0.00765. The van der Waals surface area contributed by atoms with E-state index in [2.05, 4.69) is 39.0 Å². The van der Waals surface area contributed by atoms with Crippen LogP contribution in [-0.4, -0.2) is 28.0 Å².